The number of unbranched alkanes of at least 4 members (excludes halogenated alkanes) is 25. The Bertz CT molecular complexity index is 1410. The first-order valence-electron chi connectivity index (χ1n) is 27.0. The molecule has 2 rings (SSSR count). The first kappa shape index (κ1) is 64.5. The second-order valence-corrected chi connectivity index (χ2v) is 20.8. The summed E-state index contributed by atoms with van der Waals surface area (Å²) in [5, 5.41) is 83.0. The molecule has 1 aliphatic carbocycles. The number of phosphoric acid groups is 1. The molecule has 18 nitrogen and oxygen atoms in total. The van der Waals surface area contributed by atoms with E-state index in [1.54, 1.807) is 0 Å². The summed E-state index contributed by atoms with van der Waals surface area (Å²) in [6.45, 7) is 2.24. The van der Waals surface area contributed by atoms with Gasteiger partial charge in [-0.15, -0.1) is 0 Å². The summed E-state index contributed by atoms with van der Waals surface area (Å²) < 4.78 is 45.5. The van der Waals surface area contributed by atoms with Crippen LogP contribution in [-0.2, 0) is 42.1 Å². The number of hydrogen-bond acceptors (Lipinski definition) is 17. The lowest BCUT2D eigenvalue weighted by atomic mass is 9.84. The molecule has 0 spiro atoms. The first-order chi connectivity index (χ1) is 33.7. The zero-order valence-corrected chi connectivity index (χ0v) is 43.5. The molecule has 19 heteroatoms. The molecular formula is C51H95O18P. The average Bonchev–Trinajstić information content (AvgIpc) is 3.34. The predicted octanol–water partition coefficient (Wildman–Crippen LogP) is 6.88. The predicted molar refractivity (Wildman–Crippen MR) is 263 cm³/mol. The van der Waals surface area contributed by atoms with Gasteiger partial charge in [-0.25, -0.2) is 4.57 Å². The van der Waals surface area contributed by atoms with Crippen molar-refractivity contribution in [1.82, 2.24) is 0 Å². The standard InChI is InChI=1S/C51H95O18P/c1-3-5-7-9-11-13-15-17-19-21-23-25-27-29-31-33-40(53)64-36-38(66-41(54)34-32-30-28-26-24-22-20-18-16-14-12-10-8-6-4-2)37-65-70(62,63)69-50-47(60)45(58)44(57)46(59)49(50)68-51-48(61)43(56)42(55)39(35-52)67-51/h14,16,38-39,42-52,55-61H,3-13,15,17-37H2,1-2H3,(H,62,63). The van der Waals surface area contributed by atoms with E-state index in [0.717, 1.165) is 77.0 Å². The Morgan fingerprint density at radius 1 is 0.529 bits per heavy atom. The molecular weight excluding hydrogens is 932 g/mol. The average molecular weight is 1030 g/mol. The highest BCUT2D eigenvalue weighted by molar-refractivity contribution is 7.47. The number of phosphoric ester groups is 1. The fraction of sp³-hybridized carbons (Fsp3) is 0.922. The third-order valence-electron chi connectivity index (χ3n) is 13.2. The van der Waals surface area contributed by atoms with Gasteiger partial charge in [0.15, 0.2) is 12.4 Å². The Kier molecular flexibility index (Phi) is 35.8. The molecule has 0 aromatic rings. The normalized spacial score (nSPS) is 27.4. The van der Waals surface area contributed by atoms with E-state index in [4.69, 9.17) is 28.0 Å². The van der Waals surface area contributed by atoms with Gasteiger partial charge in [-0.05, 0) is 38.5 Å². The molecule has 1 aliphatic heterocycles. The molecule has 13 unspecified atom stereocenters. The zero-order chi connectivity index (χ0) is 51.6. The van der Waals surface area contributed by atoms with Crippen molar-refractivity contribution in [1.29, 1.82) is 0 Å². The number of ether oxygens (including phenoxy) is 4. The van der Waals surface area contributed by atoms with Crippen LogP contribution in [-0.4, -0.2) is 151 Å². The fourth-order valence-electron chi connectivity index (χ4n) is 8.76. The van der Waals surface area contributed by atoms with E-state index in [9.17, 15) is 59.9 Å². The molecule has 0 aromatic heterocycles. The Hall–Kier alpha value is -1.61. The van der Waals surface area contributed by atoms with Crippen molar-refractivity contribution in [3.63, 3.8) is 0 Å². The molecule has 2 fully saturated rings. The molecule has 70 heavy (non-hydrogen) atoms. The van der Waals surface area contributed by atoms with Crippen LogP contribution in [0.2, 0.25) is 0 Å². The maximum Gasteiger partial charge on any atom is 0.472 e. The lowest BCUT2D eigenvalue weighted by molar-refractivity contribution is -0.338. The van der Waals surface area contributed by atoms with Gasteiger partial charge in [0.2, 0.25) is 0 Å². The number of allylic oxidation sites excluding steroid dienone is 2. The number of esters is 2. The van der Waals surface area contributed by atoms with E-state index in [1.165, 1.54) is 89.9 Å². The summed E-state index contributed by atoms with van der Waals surface area (Å²) in [4.78, 5) is 36.6. The zero-order valence-electron chi connectivity index (χ0n) is 42.6. The molecule has 0 aromatic carbocycles. The number of aliphatic hydroxyl groups is 8. The van der Waals surface area contributed by atoms with E-state index in [0.29, 0.717) is 12.8 Å². The van der Waals surface area contributed by atoms with Crippen molar-refractivity contribution < 1.29 is 87.9 Å². The van der Waals surface area contributed by atoms with Crippen molar-refractivity contribution in [3.05, 3.63) is 12.2 Å². The lowest BCUT2D eigenvalue weighted by Gasteiger charge is -2.47. The maximum atomic E-state index is 13.4. The van der Waals surface area contributed by atoms with Gasteiger partial charge in [0.05, 0.1) is 13.2 Å². The van der Waals surface area contributed by atoms with Crippen LogP contribution in [0, 0.1) is 0 Å². The quantitative estimate of drug-likeness (QED) is 0.0130. The topological polar surface area (TPSA) is 289 Å². The summed E-state index contributed by atoms with van der Waals surface area (Å²) in [5.74, 6) is -1.21. The highest BCUT2D eigenvalue weighted by Crippen LogP contribution is 2.48. The van der Waals surface area contributed by atoms with Gasteiger partial charge >= 0.3 is 19.8 Å². The van der Waals surface area contributed by atoms with Gasteiger partial charge in [0.1, 0.15) is 67.6 Å². The van der Waals surface area contributed by atoms with Gasteiger partial charge < -0.3 is 64.7 Å². The van der Waals surface area contributed by atoms with Crippen molar-refractivity contribution in [2.24, 2.45) is 0 Å². The molecule has 1 heterocycles. The van der Waals surface area contributed by atoms with Crippen LogP contribution in [0.5, 0.6) is 0 Å². The van der Waals surface area contributed by atoms with E-state index in [-0.39, 0.29) is 12.8 Å². The van der Waals surface area contributed by atoms with E-state index in [1.807, 2.05) is 0 Å². The summed E-state index contributed by atoms with van der Waals surface area (Å²) in [6.07, 6.45) is 12.8. The second-order valence-electron chi connectivity index (χ2n) is 19.4. The molecule has 0 bridgehead atoms. The van der Waals surface area contributed by atoms with Gasteiger partial charge in [0, 0.05) is 12.8 Å². The molecule has 412 valence electrons. The number of rotatable bonds is 42. The third-order valence-corrected chi connectivity index (χ3v) is 14.2. The molecule has 2 aliphatic rings. The van der Waals surface area contributed by atoms with Crippen molar-refractivity contribution in [2.75, 3.05) is 19.8 Å². The summed E-state index contributed by atoms with van der Waals surface area (Å²) in [7, 11) is -5.37. The molecule has 0 radical (unpaired) electrons. The van der Waals surface area contributed by atoms with Crippen LogP contribution in [0.3, 0.4) is 0 Å². The monoisotopic (exact) mass is 1030 g/mol. The first-order valence-corrected chi connectivity index (χ1v) is 28.5. The van der Waals surface area contributed by atoms with Crippen molar-refractivity contribution in [3.8, 4) is 0 Å². The van der Waals surface area contributed by atoms with Crippen LogP contribution in [0.25, 0.3) is 0 Å². The summed E-state index contributed by atoms with van der Waals surface area (Å²) in [5.41, 5.74) is 0. The highest BCUT2D eigenvalue weighted by Gasteiger charge is 2.55. The smallest absolute Gasteiger partial charge is 0.462 e. The van der Waals surface area contributed by atoms with Gasteiger partial charge in [-0.2, -0.15) is 0 Å². The van der Waals surface area contributed by atoms with E-state index < -0.39 is 113 Å². The van der Waals surface area contributed by atoms with Crippen LogP contribution in [0.1, 0.15) is 206 Å². The maximum absolute atomic E-state index is 13.4. The van der Waals surface area contributed by atoms with Gasteiger partial charge in [-0.1, -0.05) is 167 Å². The second kappa shape index (κ2) is 38.9. The Morgan fingerprint density at radius 3 is 1.43 bits per heavy atom. The highest BCUT2D eigenvalue weighted by atomic mass is 31.2. The fourth-order valence-corrected chi connectivity index (χ4v) is 9.73. The molecule has 9 N–H and O–H groups in total. The van der Waals surface area contributed by atoms with Crippen LogP contribution in [0.15, 0.2) is 12.2 Å². The number of aliphatic hydroxyl groups excluding tert-OH is 8. The molecule has 13 atom stereocenters. The number of carbonyl (C=O) groups is 2. The minimum Gasteiger partial charge on any atom is -0.462 e. The Labute approximate surface area is 418 Å². The SMILES string of the molecule is CCCCCCC=CCCCCCCCCCC(=O)OC(COC(=O)CCCCCCCCCCCCCCCCC)COP(=O)(O)OC1C(O)C(O)C(O)C(O)C1OC1OC(CO)C(O)C(O)C1O. The largest absolute Gasteiger partial charge is 0.472 e. The number of hydrogen-bond donors (Lipinski definition) is 9. The minimum absolute atomic E-state index is 0.0310. The lowest BCUT2D eigenvalue weighted by Crippen LogP contribution is -2.67. The Morgan fingerprint density at radius 2 is 0.943 bits per heavy atom. The van der Waals surface area contributed by atoms with E-state index in [2.05, 4.69) is 26.0 Å². The van der Waals surface area contributed by atoms with Crippen LogP contribution in [0.4, 0.5) is 0 Å². The molecule has 1 saturated carbocycles. The Balaban J connectivity index is 1.92. The number of carbonyl (C=O) groups excluding carboxylic acids is 2. The summed E-state index contributed by atoms with van der Waals surface area (Å²) >= 11 is 0. The van der Waals surface area contributed by atoms with Crippen molar-refractivity contribution in [2.45, 2.75) is 280 Å². The van der Waals surface area contributed by atoms with Gasteiger partial charge in [0.25, 0.3) is 0 Å². The van der Waals surface area contributed by atoms with Crippen molar-refractivity contribution >= 4 is 19.8 Å². The molecule has 0 amide bonds. The minimum atomic E-state index is -5.37. The van der Waals surface area contributed by atoms with Crippen LogP contribution >= 0.6 is 7.82 Å². The van der Waals surface area contributed by atoms with Gasteiger partial charge in [-0.3, -0.25) is 18.6 Å². The van der Waals surface area contributed by atoms with E-state index >= 15 is 0 Å². The van der Waals surface area contributed by atoms with Crippen LogP contribution < -0.4 is 0 Å². The molecule has 1 saturated heterocycles. The third kappa shape index (κ3) is 27.1. The summed E-state index contributed by atoms with van der Waals surface area (Å²) in [6, 6.07) is 0.